The van der Waals surface area contributed by atoms with Gasteiger partial charge in [0.05, 0.1) is 15.5 Å². The summed E-state index contributed by atoms with van der Waals surface area (Å²) in [6, 6.07) is 28.5. The molecule has 0 aliphatic carbocycles. The molecule has 0 unspecified atom stereocenters. The summed E-state index contributed by atoms with van der Waals surface area (Å²) >= 11 is 0. The third kappa shape index (κ3) is 8.79. The van der Waals surface area contributed by atoms with Gasteiger partial charge in [-0.1, -0.05) is 84.4 Å². The fraction of sp³-hybridized carbons (Fsp3) is 0.257. The topological polar surface area (TPSA) is 130 Å². The molecule has 0 bridgehead atoms. The lowest BCUT2D eigenvalue weighted by Crippen LogP contribution is -2.56. The minimum Gasteiger partial charge on any atom is -0.350 e. The summed E-state index contributed by atoms with van der Waals surface area (Å²) in [4.78, 5) is 40.8. The van der Waals surface area contributed by atoms with Crippen LogP contribution in [0, 0.1) is 17.0 Å². The first-order valence-electron chi connectivity index (χ1n) is 14.8. The lowest BCUT2D eigenvalue weighted by molar-refractivity contribution is -0.384. The highest BCUT2D eigenvalue weighted by atomic mass is 32.2. The summed E-state index contributed by atoms with van der Waals surface area (Å²) in [6.07, 6.45) is 0.169. The molecule has 0 radical (unpaired) electrons. The lowest BCUT2D eigenvalue weighted by Gasteiger charge is -2.35. The number of non-ortho nitro benzene ring substituents is 1. The van der Waals surface area contributed by atoms with E-state index in [-0.39, 0.29) is 29.2 Å². The molecule has 4 aromatic carbocycles. The number of amides is 2. The van der Waals surface area contributed by atoms with Crippen molar-refractivity contribution in [2.75, 3.05) is 10.8 Å². The number of nitro benzene ring substituents is 1. The van der Waals surface area contributed by atoms with Crippen LogP contribution in [-0.4, -0.2) is 48.2 Å². The molecule has 10 nitrogen and oxygen atoms in total. The van der Waals surface area contributed by atoms with Crippen LogP contribution in [0.5, 0.6) is 0 Å². The number of sulfonamides is 1. The quantitative estimate of drug-likeness (QED) is 0.157. The number of carbonyl (C=O) groups excluding carboxylic acids is 2. The first-order chi connectivity index (χ1) is 21.7. The van der Waals surface area contributed by atoms with Gasteiger partial charge in [-0.2, -0.15) is 0 Å². The number of nitrogens with one attached hydrogen (secondary N) is 1. The van der Waals surface area contributed by atoms with Crippen molar-refractivity contribution in [3.8, 4) is 0 Å². The monoisotopic (exact) mass is 642 g/mol. The van der Waals surface area contributed by atoms with Crippen LogP contribution < -0.4 is 9.62 Å². The zero-order valence-corrected chi connectivity index (χ0v) is 27.1. The van der Waals surface area contributed by atoms with Crippen molar-refractivity contribution in [2.45, 2.75) is 57.1 Å². The van der Waals surface area contributed by atoms with Crippen molar-refractivity contribution < 1.29 is 22.9 Å². The molecule has 2 amide bonds. The number of nitro groups is 1. The normalized spacial score (nSPS) is 12.2. The molecule has 46 heavy (non-hydrogen) atoms. The molecular weight excluding hydrogens is 604 g/mol. The van der Waals surface area contributed by atoms with E-state index < -0.39 is 44.9 Å². The van der Waals surface area contributed by atoms with E-state index in [1.165, 1.54) is 35.2 Å². The molecule has 0 spiro atoms. The van der Waals surface area contributed by atoms with Crippen LogP contribution >= 0.6 is 0 Å². The molecule has 0 heterocycles. The number of nitrogens with zero attached hydrogens (tertiary/aromatic N) is 3. The molecular formula is C35H38N4O6S. The van der Waals surface area contributed by atoms with E-state index in [2.05, 4.69) is 5.32 Å². The zero-order valence-electron chi connectivity index (χ0n) is 26.3. The summed E-state index contributed by atoms with van der Waals surface area (Å²) in [6.45, 7) is 6.75. The van der Waals surface area contributed by atoms with Gasteiger partial charge in [0.1, 0.15) is 12.6 Å². The predicted molar refractivity (Wildman–Crippen MR) is 178 cm³/mol. The molecule has 0 fully saturated rings. The first-order valence-corrected chi connectivity index (χ1v) is 16.2. The van der Waals surface area contributed by atoms with Gasteiger partial charge in [0.2, 0.25) is 11.8 Å². The van der Waals surface area contributed by atoms with Crippen molar-refractivity contribution in [1.29, 1.82) is 0 Å². The van der Waals surface area contributed by atoms with Crippen LogP contribution in [0.25, 0.3) is 0 Å². The molecule has 1 N–H and O–H groups in total. The van der Waals surface area contributed by atoms with Crippen molar-refractivity contribution in [3.05, 3.63) is 136 Å². The molecule has 0 saturated carbocycles. The Morgan fingerprint density at radius 2 is 1.46 bits per heavy atom. The van der Waals surface area contributed by atoms with Crippen LogP contribution in [-0.2, 0) is 32.6 Å². The van der Waals surface area contributed by atoms with Crippen LogP contribution in [0.4, 0.5) is 11.4 Å². The highest BCUT2D eigenvalue weighted by molar-refractivity contribution is 7.92. The van der Waals surface area contributed by atoms with Gasteiger partial charge in [-0.05, 0) is 57.0 Å². The fourth-order valence-corrected chi connectivity index (χ4v) is 6.45. The molecule has 0 saturated heterocycles. The van der Waals surface area contributed by atoms with E-state index in [1.807, 2.05) is 82.3 Å². The number of benzene rings is 4. The van der Waals surface area contributed by atoms with E-state index in [1.54, 1.807) is 18.2 Å². The van der Waals surface area contributed by atoms with Gasteiger partial charge in [0.15, 0.2) is 0 Å². The van der Waals surface area contributed by atoms with E-state index in [0.717, 1.165) is 27.1 Å². The molecule has 4 rings (SSSR count). The Hall–Kier alpha value is -5.03. The average molecular weight is 643 g/mol. The molecule has 11 heteroatoms. The highest BCUT2D eigenvalue weighted by Gasteiger charge is 2.36. The molecule has 0 aromatic heterocycles. The molecule has 0 aliphatic heterocycles. The van der Waals surface area contributed by atoms with E-state index in [4.69, 9.17) is 0 Å². The van der Waals surface area contributed by atoms with Gasteiger partial charge in [0.25, 0.3) is 15.7 Å². The van der Waals surface area contributed by atoms with Crippen molar-refractivity contribution in [2.24, 2.45) is 0 Å². The maximum absolute atomic E-state index is 14.5. The molecule has 1 atom stereocenters. The van der Waals surface area contributed by atoms with E-state index in [0.29, 0.717) is 0 Å². The smallest absolute Gasteiger partial charge is 0.271 e. The van der Waals surface area contributed by atoms with Gasteiger partial charge in [-0.3, -0.25) is 24.0 Å². The minimum atomic E-state index is -4.38. The standard InChI is InChI=1S/C35H38N4O6S/c1-26-13-11-16-28(21-26)24-37(32(34(41)36-35(2,3)4)22-27-14-7-5-8-15-27)33(40)25-38(29-17-12-18-30(23-29)39(42)43)46(44,45)31-19-9-6-10-20-31/h5-21,23,32H,22,24-25H2,1-4H3,(H,36,41)/t32-/m1/s1. The van der Waals surface area contributed by atoms with Crippen LogP contribution in [0.3, 0.4) is 0 Å². The maximum atomic E-state index is 14.5. The number of hydrogen-bond donors (Lipinski definition) is 1. The third-order valence-electron chi connectivity index (χ3n) is 7.14. The van der Waals surface area contributed by atoms with Crippen LogP contribution in [0.2, 0.25) is 0 Å². The first kappa shape index (κ1) is 33.9. The highest BCUT2D eigenvalue weighted by Crippen LogP contribution is 2.28. The Bertz CT molecular complexity index is 1790. The maximum Gasteiger partial charge on any atom is 0.271 e. The second kappa shape index (κ2) is 14.4. The number of aryl methyl sites for hydroxylation is 1. The summed E-state index contributed by atoms with van der Waals surface area (Å²) in [7, 11) is -4.38. The largest absolute Gasteiger partial charge is 0.350 e. The summed E-state index contributed by atoms with van der Waals surface area (Å²) < 4.78 is 29.0. The Labute approximate surface area is 269 Å². The Balaban J connectivity index is 1.84. The van der Waals surface area contributed by atoms with Crippen molar-refractivity contribution >= 4 is 33.2 Å². The number of anilines is 1. The van der Waals surface area contributed by atoms with E-state index >= 15 is 0 Å². The van der Waals surface area contributed by atoms with Crippen LogP contribution in [0.15, 0.2) is 114 Å². The third-order valence-corrected chi connectivity index (χ3v) is 8.93. The second-order valence-corrected chi connectivity index (χ2v) is 13.9. The fourth-order valence-electron chi connectivity index (χ4n) is 5.02. The summed E-state index contributed by atoms with van der Waals surface area (Å²) in [5.41, 5.74) is 1.51. The SMILES string of the molecule is Cc1cccc(CN(C(=O)CN(c2cccc([N+](=O)[O-])c2)S(=O)(=O)c2ccccc2)[C@H](Cc2ccccc2)C(=O)NC(C)(C)C)c1. The molecule has 0 aliphatic rings. The van der Waals surface area contributed by atoms with Gasteiger partial charge in [-0.15, -0.1) is 0 Å². The Morgan fingerprint density at radius 1 is 0.848 bits per heavy atom. The van der Waals surface area contributed by atoms with Crippen LogP contribution in [0.1, 0.15) is 37.5 Å². The minimum absolute atomic E-state index is 0.0176. The van der Waals surface area contributed by atoms with Gasteiger partial charge >= 0.3 is 0 Å². The molecule has 240 valence electrons. The van der Waals surface area contributed by atoms with Gasteiger partial charge in [0, 0.05) is 30.6 Å². The van der Waals surface area contributed by atoms with E-state index in [9.17, 15) is 28.1 Å². The number of hydrogen-bond acceptors (Lipinski definition) is 6. The Kier molecular flexibility index (Phi) is 10.6. The number of rotatable bonds is 12. The average Bonchev–Trinajstić information content (AvgIpc) is 3.01. The second-order valence-electron chi connectivity index (χ2n) is 12.1. The van der Waals surface area contributed by atoms with Gasteiger partial charge in [-0.25, -0.2) is 8.42 Å². The number of carbonyl (C=O) groups is 2. The van der Waals surface area contributed by atoms with Crippen molar-refractivity contribution in [1.82, 2.24) is 10.2 Å². The summed E-state index contributed by atoms with van der Waals surface area (Å²) in [5, 5.41) is 14.6. The summed E-state index contributed by atoms with van der Waals surface area (Å²) in [5.74, 6) is -1.05. The predicted octanol–water partition coefficient (Wildman–Crippen LogP) is 5.65. The Morgan fingerprint density at radius 3 is 2.07 bits per heavy atom. The zero-order chi connectivity index (χ0) is 33.5. The lowest BCUT2D eigenvalue weighted by atomic mass is 10.0. The van der Waals surface area contributed by atoms with Gasteiger partial charge < -0.3 is 10.2 Å². The molecule has 4 aromatic rings. The van der Waals surface area contributed by atoms with Crippen molar-refractivity contribution in [3.63, 3.8) is 0 Å².